The number of ether oxygens (including phenoxy) is 1. The Balaban J connectivity index is 0.000000208. The first-order valence-electron chi connectivity index (χ1n) is 12.1. The highest BCUT2D eigenvalue weighted by atomic mass is 35.5. The molecule has 1 saturated heterocycles. The van der Waals surface area contributed by atoms with Gasteiger partial charge in [-0.15, -0.1) is 0 Å². The first-order valence-corrected chi connectivity index (χ1v) is 13.6. The van der Waals surface area contributed by atoms with Crippen LogP contribution in [0.25, 0.3) is 5.65 Å². The van der Waals surface area contributed by atoms with Gasteiger partial charge in [0.05, 0.1) is 10.7 Å². The fourth-order valence-corrected chi connectivity index (χ4v) is 5.37. The molecule has 12 heteroatoms. The number of hydrogen-bond donors (Lipinski definition) is 2. The van der Waals surface area contributed by atoms with Crippen molar-refractivity contribution in [3.8, 4) is 5.75 Å². The molecular weight excluding hydrogens is 529 g/mol. The van der Waals surface area contributed by atoms with E-state index in [1.807, 2.05) is 25.6 Å². The van der Waals surface area contributed by atoms with Crippen LogP contribution >= 0.6 is 23.4 Å². The van der Waals surface area contributed by atoms with Gasteiger partial charge < -0.3 is 14.1 Å². The van der Waals surface area contributed by atoms with Crippen molar-refractivity contribution in [3.63, 3.8) is 0 Å². The summed E-state index contributed by atoms with van der Waals surface area (Å²) in [5.74, 6) is 2.56. The maximum absolute atomic E-state index is 11.7. The second kappa shape index (κ2) is 12.6. The van der Waals surface area contributed by atoms with Gasteiger partial charge in [0, 0.05) is 35.6 Å². The second-order valence-corrected chi connectivity index (χ2v) is 10.5. The van der Waals surface area contributed by atoms with Crippen molar-refractivity contribution in [3.05, 3.63) is 62.9 Å². The SMILES string of the molecule is CC.CC1c2ccc3nc(CONC4(C)CCSCC4)cn3c21.O=c1[nH]cc(Cl)cc1OCC(F)(F)F. The van der Waals surface area contributed by atoms with Crippen LogP contribution in [0.3, 0.4) is 0 Å². The Kier molecular flexibility index (Phi) is 9.96. The number of nitrogens with one attached hydrogen (secondary N) is 2. The number of hydrogen-bond acceptors (Lipinski definition) is 6. The van der Waals surface area contributed by atoms with Crippen molar-refractivity contribution in [2.24, 2.45) is 0 Å². The van der Waals surface area contributed by atoms with E-state index in [0.29, 0.717) is 12.5 Å². The van der Waals surface area contributed by atoms with E-state index in [4.69, 9.17) is 16.4 Å². The lowest BCUT2D eigenvalue weighted by Gasteiger charge is -2.33. The first-order chi connectivity index (χ1) is 17.5. The molecule has 4 heterocycles. The smallest absolute Gasteiger partial charge is 0.422 e. The third-order valence-corrected chi connectivity index (χ3v) is 7.11. The minimum absolute atomic E-state index is 0.0989. The van der Waals surface area contributed by atoms with E-state index in [1.54, 1.807) is 0 Å². The number of fused-ring (bicyclic) bond motifs is 3. The molecule has 204 valence electrons. The molecule has 37 heavy (non-hydrogen) atoms. The average molecular weight is 561 g/mol. The summed E-state index contributed by atoms with van der Waals surface area (Å²) >= 11 is 7.46. The quantitative estimate of drug-likeness (QED) is 0.355. The summed E-state index contributed by atoms with van der Waals surface area (Å²) in [6.07, 6.45) is 1.11. The molecule has 7 nitrogen and oxygen atoms in total. The number of aromatic amines is 1. The zero-order valence-electron chi connectivity index (χ0n) is 21.2. The van der Waals surface area contributed by atoms with Crippen molar-refractivity contribution in [2.45, 2.75) is 64.8 Å². The van der Waals surface area contributed by atoms with E-state index >= 15 is 0 Å². The highest BCUT2D eigenvalue weighted by Crippen LogP contribution is 2.42. The molecule has 1 unspecified atom stereocenters. The number of hydroxylamine groups is 1. The first kappa shape index (κ1) is 29.3. The van der Waals surface area contributed by atoms with Crippen LogP contribution in [-0.4, -0.2) is 44.2 Å². The van der Waals surface area contributed by atoms with Crippen LogP contribution in [-0.2, 0) is 11.4 Å². The van der Waals surface area contributed by atoms with Gasteiger partial charge in [-0.2, -0.15) is 30.4 Å². The van der Waals surface area contributed by atoms with E-state index in [0.717, 1.165) is 36.4 Å². The minimum atomic E-state index is -4.48. The number of rotatable bonds is 6. The van der Waals surface area contributed by atoms with Crippen LogP contribution in [0.5, 0.6) is 5.75 Å². The van der Waals surface area contributed by atoms with E-state index in [-0.39, 0.29) is 10.6 Å². The third-order valence-electron chi connectivity index (χ3n) is 5.90. The van der Waals surface area contributed by atoms with Crippen molar-refractivity contribution >= 4 is 29.0 Å². The third kappa shape index (κ3) is 8.13. The topological polar surface area (TPSA) is 80.7 Å². The van der Waals surface area contributed by atoms with Crippen molar-refractivity contribution in [2.75, 3.05) is 18.1 Å². The molecule has 0 amide bonds. The van der Waals surface area contributed by atoms with Gasteiger partial charge in [0.2, 0.25) is 0 Å². The number of pyridine rings is 2. The Morgan fingerprint density at radius 1 is 1.30 bits per heavy atom. The molecule has 0 aromatic carbocycles. The number of H-pyrrole nitrogens is 1. The molecule has 1 aliphatic heterocycles. The number of halogens is 4. The summed E-state index contributed by atoms with van der Waals surface area (Å²) in [7, 11) is 0. The van der Waals surface area contributed by atoms with Gasteiger partial charge in [-0.05, 0) is 42.9 Å². The highest BCUT2D eigenvalue weighted by molar-refractivity contribution is 7.99. The summed E-state index contributed by atoms with van der Waals surface area (Å²) < 4.78 is 41.5. The monoisotopic (exact) mass is 560 g/mol. The molecule has 1 atom stereocenters. The lowest BCUT2D eigenvalue weighted by Crippen LogP contribution is -2.44. The largest absolute Gasteiger partial charge is 0.478 e. The molecule has 2 N–H and O–H groups in total. The van der Waals surface area contributed by atoms with Crippen molar-refractivity contribution in [1.29, 1.82) is 0 Å². The van der Waals surface area contributed by atoms with Crippen molar-refractivity contribution in [1.82, 2.24) is 19.8 Å². The number of aromatic nitrogens is 3. The van der Waals surface area contributed by atoms with Crippen LogP contribution in [0.2, 0.25) is 5.02 Å². The molecule has 3 aromatic rings. The Labute approximate surface area is 223 Å². The molecule has 1 aliphatic carbocycles. The van der Waals surface area contributed by atoms with Gasteiger partial charge in [0.15, 0.2) is 12.4 Å². The van der Waals surface area contributed by atoms with Crippen LogP contribution in [0, 0.1) is 0 Å². The molecule has 5 rings (SSSR count). The highest BCUT2D eigenvalue weighted by Gasteiger charge is 2.31. The molecule has 0 saturated carbocycles. The van der Waals surface area contributed by atoms with E-state index in [2.05, 4.69) is 56.8 Å². The predicted molar refractivity (Wildman–Crippen MR) is 141 cm³/mol. The Bertz CT molecular complexity index is 1240. The fraction of sp³-hybridized carbons (Fsp3) is 0.520. The van der Waals surface area contributed by atoms with E-state index in [1.165, 1.54) is 22.8 Å². The van der Waals surface area contributed by atoms with Gasteiger partial charge in [-0.25, -0.2) is 4.98 Å². The minimum Gasteiger partial charge on any atom is -0.478 e. The van der Waals surface area contributed by atoms with E-state index < -0.39 is 24.1 Å². The number of thioether (sulfide) groups is 1. The van der Waals surface area contributed by atoms with Crippen LogP contribution in [0.15, 0.2) is 35.4 Å². The molecular formula is C25H32ClF3N4O3S. The maximum atomic E-state index is 11.7. The fourth-order valence-electron chi connectivity index (χ4n) is 3.82. The summed E-state index contributed by atoms with van der Waals surface area (Å²) in [5.41, 5.74) is 7.49. The standard InChI is InChI=1S/C16H21N3OS.C7H5ClF3NO2.C2H6/c1-11-13-3-4-14-17-12(9-19(14)15(11)13)10-20-18-16(2)5-7-21-8-6-16;8-4-1-5(6(13)12-2-4)14-3-7(9,10)11;1-2/h3-4,9,11,18H,5-8,10H2,1-2H3;1-2H,3H2,(H,12,13);1-2H3. The molecule has 0 bridgehead atoms. The number of alkyl halides is 3. The van der Waals surface area contributed by atoms with Crippen LogP contribution < -0.4 is 15.8 Å². The van der Waals surface area contributed by atoms with Crippen LogP contribution in [0.1, 0.15) is 63.4 Å². The molecule has 3 aromatic heterocycles. The normalized spacial score (nSPS) is 17.7. The average Bonchev–Trinajstić information content (AvgIpc) is 3.33. The Morgan fingerprint density at radius 3 is 2.68 bits per heavy atom. The Morgan fingerprint density at radius 2 is 2.00 bits per heavy atom. The van der Waals surface area contributed by atoms with Gasteiger partial charge in [-0.3, -0.25) is 9.63 Å². The lowest BCUT2D eigenvalue weighted by atomic mass is 9.96. The van der Waals surface area contributed by atoms with Crippen molar-refractivity contribution < 1.29 is 22.7 Å². The molecule has 0 radical (unpaired) electrons. The van der Waals surface area contributed by atoms with Gasteiger partial charge in [0.1, 0.15) is 12.3 Å². The summed E-state index contributed by atoms with van der Waals surface area (Å²) in [6.45, 7) is 7.49. The van der Waals surface area contributed by atoms with E-state index in [9.17, 15) is 18.0 Å². The molecule has 2 aliphatic rings. The predicted octanol–water partition coefficient (Wildman–Crippen LogP) is 6.10. The van der Waals surface area contributed by atoms with Gasteiger partial charge >= 0.3 is 6.18 Å². The summed E-state index contributed by atoms with van der Waals surface area (Å²) in [4.78, 5) is 23.4. The Hall–Kier alpha value is -2.21. The number of nitrogens with zero attached hydrogens (tertiary/aromatic N) is 2. The number of imidazole rings is 1. The maximum Gasteiger partial charge on any atom is 0.422 e. The lowest BCUT2D eigenvalue weighted by molar-refractivity contribution is -0.153. The molecule has 0 spiro atoms. The summed E-state index contributed by atoms with van der Waals surface area (Å²) in [5, 5.41) is 0.0989. The molecule has 1 fully saturated rings. The second-order valence-electron chi connectivity index (χ2n) is 8.83. The van der Waals surface area contributed by atoms with Gasteiger partial charge in [-0.1, -0.05) is 38.4 Å². The zero-order valence-corrected chi connectivity index (χ0v) is 22.8. The van der Waals surface area contributed by atoms with Gasteiger partial charge in [0.25, 0.3) is 5.56 Å². The van der Waals surface area contributed by atoms with Crippen LogP contribution in [0.4, 0.5) is 13.2 Å². The summed E-state index contributed by atoms with van der Waals surface area (Å²) in [6, 6.07) is 5.30. The zero-order chi connectivity index (χ0) is 27.2.